The number of tetrazole rings is 1. The van der Waals surface area contributed by atoms with Crippen molar-refractivity contribution in [2.24, 2.45) is 0 Å². The number of hydrogen-bond donors (Lipinski definition) is 0. The molecule has 33 heavy (non-hydrogen) atoms. The van der Waals surface area contributed by atoms with Gasteiger partial charge in [-0.15, -0.1) is 5.10 Å². The second-order valence-electron chi connectivity index (χ2n) is 7.27. The van der Waals surface area contributed by atoms with E-state index in [2.05, 4.69) is 36.7 Å². The molecule has 0 aliphatic carbocycles. The van der Waals surface area contributed by atoms with Crippen LogP contribution in [0.4, 0.5) is 4.39 Å². The molecular weight excluding hydrogens is 425 g/mol. The van der Waals surface area contributed by atoms with Gasteiger partial charge in [0.25, 0.3) is 0 Å². The quantitative estimate of drug-likeness (QED) is 0.394. The molecule has 0 spiro atoms. The lowest BCUT2D eigenvalue weighted by Crippen LogP contribution is -2.20. The highest BCUT2D eigenvalue weighted by Gasteiger charge is 2.15. The average molecular weight is 441 g/mol. The first-order valence-electron chi connectivity index (χ1n) is 9.99. The molecule has 10 nitrogen and oxygen atoms in total. The van der Waals surface area contributed by atoms with Crippen LogP contribution >= 0.6 is 0 Å². The Kier molecular flexibility index (Phi) is 5.16. The summed E-state index contributed by atoms with van der Waals surface area (Å²) in [7, 11) is 0. The van der Waals surface area contributed by atoms with Crippen molar-refractivity contribution >= 4 is 5.65 Å². The van der Waals surface area contributed by atoms with Crippen LogP contribution in [0.25, 0.3) is 28.3 Å². The minimum absolute atomic E-state index is 0.183. The van der Waals surface area contributed by atoms with Crippen LogP contribution < -0.4 is 4.74 Å². The van der Waals surface area contributed by atoms with Crippen molar-refractivity contribution < 1.29 is 9.13 Å². The predicted octanol–water partition coefficient (Wildman–Crippen LogP) is 2.92. The largest absolute Gasteiger partial charge is 0.489 e. The fourth-order valence-electron chi connectivity index (χ4n) is 3.44. The van der Waals surface area contributed by atoms with E-state index >= 15 is 0 Å². The zero-order valence-corrected chi connectivity index (χ0v) is 17.4. The molecule has 4 heterocycles. The van der Waals surface area contributed by atoms with Crippen LogP contribution in [0.1, 0.15) is 12.5 Å². The number of nitrogens with zero attached hydrogens (tertiary/aromatic N) is 9. The van der Waals surface area contributed by atoms with E-state index in [4.69, 9.17) is 4.74 Å². The fraction of sp³-hybridized carbons (Fsp3) is 0.136. The molecule has 5 rings (SSSR count). The molecule has 0 bridgehead atoms. The normalized spacial score (nSPS) is 11.9. The Balaban J connectivity index is 1.48. The molecule has 0 radical (unpaired) electrons. The summed E-state index contributed by atoms with van der Waals surface area (Å²) >= 11 is 0. The van der Waals surface area contributed by atoms with Gasteiger partial charge < -0.3 is 4.74 Å². The first-order valence-corrected chi connectivity index (χ1v) is 9.99. The second kappa shape index (κ2) is 8.43. The van der Waals surface area contributed by atoms with Gasteiger partial charge in [-0.3, -0.25) is 4.98 Å². The zero-order chi connectivity index (χ0) is 22.8. The van der Waals surface area contributed by atoms with Crippen molar-refractivity contribution in [3.05, 3.63) is 72.6 Å². The topological polar surface area (TPSA) is 120 Å². The molecule has 1 aromatic carbocycles. The maximum Gasteiger partial charge on any atom is 0.154 e. The predicted molar refractivity (Wildman–Crippen MR) is 114 cm³/mol. The van der Waals surface area contributed by atoms with Gasteiger partial charge in [0, 0.05) is 17.8 Å². The Morgan fingerprint density at radius 1 is 1.12 bits per heavy atom. The number of pyridine rings is 1. The van der Waals surface area contributed by atoms with Gasteiger partial charge in [0.05, 0.1) is 35.8 Å². The molecule has 0 unspecified atom stereocenters. The van der Waals surface area contributed by atoms with Crippen LogP contribution in [0.3, 0.4) is 0 Å². The molecule has 0 aliphatic rings. The minimum Gasteiger partial charge on any atom is -0.489 e. The monoisotopic (exact) mass is 441 g/mol. The Morgan fingerprint density at radius 3 is 2.85 bits per heavy atom. The lowest BCUT2D eigenvalue weighted by molar-refractivity contribution is 0.193. The molecule has 162 valence electrons. The highest BCUT2D eigenvalue weighted by atomic mass is 19.1. The van der Waals surface area contributed by atoms with Gasteiger partial charge in [0.1, 0.15) is 29.7 Å². The molecule has 5 aromatic rings. The van der Waals surface area contributed by atoms with Crippen molar-refractivity contribution in [2.75, 3.05) is 0 Å². The van der Waals surface area contributed by atoms with E-state index in [1.807, 2.05) is 6.92 Å². The van der Waals surface area contributed by atoms with Crippen molar-refractivity contribution in [3.63, 3.8) is 0 Å². The molecule has 0 saturated heterocycles. The van der Waals surface area contributed by atoms with E-state index in [0.717, 1.165) is 0 Å². The summed E-state index contributed by atoms with van der Waals surface area (Å²) in [5, 5.41) is 25.1. The smallest absolute Gasteiger partial charge is 0.154 e. The standard InChI is InChI=1S/C22H16FN9O/c1-14(12-31-13-27-29-30-31)33-17-6-7-25-20(9-17)19-4-5-22-26-11-21(32(22)28-19)18-8-16(23)3-2-15(18)10-24/h2-9,11,13-14H,12H2,1H3/t14-/m0/s1. The molecule has 0 aliphatic heterocycles. The Labute approximate surface area is 186 Å². The summed E-state index contributed by atoms with van der Waals surface area (Å²) in [6.07, 6.45) is 4.54. The van der Waals surface area contributed by atoms with Crippen molar-refractivity contribution in [3.8, 4) is 34.5 Å². The van der Waals surface area contributed by atoms with Crippen LogP contribution in [-0.4, -0.2) is 45.9 Å². The molecule has 0 saturated carbocycles. The summed E-state index contributed by atoms with van der Waals surface area (Å²) < 4.78 is 23.0. The molecule has 4 aromatic heterocycles. The summed E-state index contributed by atoms with van der Waals surface area (Å²) in [4.78, 5) is 8.74. The lowest BCUT2D eigenvalue weighted by Gasteiger charge is -2.14. The number of nitriles is 1. The highest BCUT2D eigenvalue weighted by molar-refractivity contribution is 5.70. The SMILES string of the molecule is C[C@@H](Cn1cnnn1)Oc1ccnc(-c2ccc3ncc(-c4cc(F)ccc4C#N)n3n2)c1. The molecule has 1 atom stereocenters. The van der Waals surface area contributed by atoms with E-state index in [1.54, 1.807) is 45.9 Å². The van der Waals surface area contributed by atoms with Crippen LogP contribution in [0.5, 0.6) is 5.75 Å². The Bertz CT molecular complexity index is 1470. The molecule has 11 heteroatoms. The van der Waals surface area contributed by atoms with Gasteiger partial charge in [0.15, 0.2) is 5.65 Å². The van der Waals surface area contributed by atoms with Crippen LogP contribution in [0.15, 0.2) is 61.2 Å². The highest BCUT2D eigenvalue weighted by Crippen LogP contribution is 2.27. The third-order valence-electron chi connectivity index (χ3n) is 4.91. The summed E-state index contributed by atoms with van der Waals surface area (Å²) in [6, 6.07) is 13.2. The molecular formula is C22H16FN9O. The molecule has 0 fully saturated rings. The first-order chi connectivity index (χ1) is 16.1. The van der Waals surface area contributed by atoms with Gasteiger partial charge in [0.2, 0.25) is 0 Å². The second-order valence-corrected chi connectivity index (χ2v) is 7.27. The zero-order valence-electron chi connectivity index (χ0n) is 17.4. The van der Waals surface area contributed by atoms with E-state index in [0.29, 0.717) is 46.2 Å². The lowest BCUT2D eigenvalue weighted by atomic mass is 10.1. The number of ether oxygens (including phenoxy) is 1. The minimum atomic E-state index is -0.447. The Morgan fingerprint density at radius 2 is 2.03 bits per heavy atom. The number of benzene rings is 1. The van der Waals surface area contributed by atoms with E-state index in [9.17, 15) is 9.65 Å². The summed E-state index contributed by atoms with van der Waals surface area (Å²) in [5.41, 5.74) is 2.96. The third kappa shape index (κ3) is 4.09. The summed E-state index contributed by atoms with van der Waals surface area (Å²) in [6.45, 7) is 2.40. The van der Waals surface area contributed by atoms with Crippen LogP contribution in [-0.2, 0) is 6.54 Å². The van der Waals surface area contributed by atoms with Crippen molar-refractivity contribution in [1.82, 2.24) is 39.8 Å². The van der Waals surface area contributed by atoms with E-state index in [1.165, 1.54) is 24.5 Å². The van der Waals surface area contributed by atoms with Crippen molar-refractivity contribution in [2.45, 2.75) is 19.6 Å². The summed E-state index contributed by atoms with van der Waals surface area (Å²) in [5.74, 6) is 0.169. The van der Waals surface area contributed by atoms with Gasteiger partial charge in [-0.1, -0.05) is 0 Å². The van der Waals surface area contributed by atoms with Gasteiger partial charge in [-0.25, -0.2) is 18.6 Å². The molecule has 0 N–H and O–H groups in total. The maximum atomic E-state index is 13.9. The van der Waals surface area contributed by atoms with Crippen LogP contribution in [0, 0.1) is 17.1 Å². The average Bonchev–Trinajstić information content (AvgIpc) is 3.48. The van der Waals surface area contributed by atoms with Gasteiger partial charge >= 0.3 is 0 Å². The third-order valence-corrected chi connectivity index (χ3v) is 4.91. The Hall–Kier alpha value is -4.72. The van der Waals surface area contributed by atoms with E-state index < -0.39 is 5.82 Å². The number of fused-ring (bicyclic) bond motifs is 1. The first kappa shape index (κ1) is 20.2. The van der Waals surface area contributed by atoms with E-state index in [-0.39, 0.29) is 6.10 Å². The van der Waals surface area contributed by atoms with Gasteiger partial charge in [-0.05, 0) is 53.7 Å². The maximum absolute atomic E-state index is 13.9. The van der Waals surface area contributed by atoms with Crippen molar-refractivity contribution in [1.29, 1.82) is 5.26 Å². The number of rotatable bonds is 6. The van der Waals surface area contributed by atoms with Gasteiger partial charge in [-0.2, -0.15) is 10.4 Å². The van der Waals surface area contributed by atoms with Crippen LogP contribution in [0.2, 0.25) is 0 Å². The number of hydrogen-bond acceptors (Lipinski definition) is 8. The number of aromatic nitrogens is 8. The number of imidazole rings is 1. The fourth-order valence-corrected chi connectivity index (χ4v) is 3.44. The molecule has 0 amide bonds. The number of halogens is 1.